The highest BCUT2D eigenvalue weighted by Crippen LogP contribution is 2.46. The molecule has 0 radical (unpaired) electrons. The average Bonchev–Trinajstić information content (AvgIpc) is 2.48. The number of methoxy groups -OCH3 is 1. The zero-order chi connectivity index (χ0) is 13.5. The van der Waals surface area contributed by atoms with Crippen LogP contribution in [0.25, 0.3) is 0 Å². The number of sulfone groups is 1. The summed E-state index contributed by atoms with van der Waals surface area (Å²) in [5, 5.41) is -0.354. The molecule has 0 saturated heterocycles. The highest BCUT2D eigenvalue weighted by atomic mass is 32.2. The van der Waals surface area contributed by atoms with E-state index in [4.69, 9.17) is 4.74 Å². The van der Waals surface area contributed by atoms with E-state index in [-0.39, 0.29) is 17.3 Å². The van der Waals surface area contributed by atoms with Crippen LogP contribution in [-0.2, 0) is 14.6 Å². The van der Waals surface area contributed by atoms with Crippen molar-refractivity contribution < 1.29 is 13.2 Å². The fourth-order valence-corrected chi connectivity index (χ4v) is 6.18. The Labute approximate surface area is 114 Å². The third-order valence-corrected chi connectivity index (χ3v) is 7.07. The lowest BCUT2D eigenvalue weighted by Gasteiger charge is -2.47. The van der Waals surface area contributed by atoms with E-state index < -0.39 is 9.84 Å². The molecule has 4 rings (SSSR count). The number of ether oxygens (including phenoxy) is 1. The lowest BCUT2D eigenvalue weighted by molar-refractivity contribution is -0.0248. The second kappa shape index (κ2) is 4.91. The average molecular weight is 280 g/mol. The van der Waals surface area contributed by atoms with Crippen LogP contribution < -0.4 is 0 Å². The molecule has 104 valence electrons. The van der Waals surface area contributed by atoms with Crippen molar-refractivity contribution in [3.05, 3.63) is 30.3 Å². The summed E-state index contributed by atoms with van der Waals surface area (Å²) in [5.41, 5.74) is 0. The number of benzene rings is 1. The van der Waals surface area contributed by atoms with Crippen LogP contribution in [0.4, 0.5) is 0 Å². The van der Waals surface area contributed by atoms with Crippen LogP contribution in [0.2, 0.25) is 0 Å². The molecule has 0 unspecified atom stereocenters. The minimum atomic E-state index is -3.28. The van der Waals surface area contributed by atoms with Gasteiger partial charge in [0.2, 0.25) is 0 Å². The van der Waals surface area contributed by atoms with Crippen molar-refractivity contribution in [1.29, 1.82) is 0 Å². The Hall–Kier alpha value is -0.870. The summed E-state index contributed by atoms with van der Waals surface area (Å²) in [5.74, 6) is 0.679. The van der Waals surface area contributed by atoms with Crippen LogP contribution in [0.3, 0.4) is 0 Å². The summed E-state index contributed by atoms with van der Waals surface area (Å²) in [6.07, 6.45) is 4.16. The summed E-state index contributed by atoms with van der Waals surface area (Å²) in [6, 6.07) is 8.82. The van der Waals surface area contributed by atoms with Gasteiger partial charge in [-0.15, -0.1) is 0 Å². The Balaban J connectivity index is 2.00. The molecule has 2 bridgehead atoms. The second-order valence-corrected chi connectivity index (χ2v) is 7.80. The number of hydrogen-bond acceptors (Lipinski definition) is 3. The van der Waals surface area contributed by atoms with Crippen molar-refractivity contribution in [2.75, 3.05) is 7.11 Å². The lowest BCUT2D eigenvalue weighted by atomic mass is 9.68. The van der Waals surface area contributed by atoms with Gasteiger partial charge in [0, 0.05) is 7.11 Å². The van der Waals surface area contributed by atoms with Crippen molar-refractivity contribution in [2.45, 2.75) is 41.9 Å². The van der Waals surface area contributed by atoms with E-state index in [9.17, 15) is 8.42 Å². The molecule has 0 aromatic heterocycles. The molecule has 3 aliphatic rings. The number of hydrogen-bond donors (Lipinski definition) is 0. The van der Waals surface area contributed by atoms with Crippen molar-refractivity contribution in [3.63, 3.8) is 0 Å². The molecule has 2 atom stereocenters. The molecule has 0 N–H and O–H groups in total. The van der Waals surface area contributed by atoms with E-state index in [1.165, 1.54) is 0 Å². The van der Waals surface area contributed by atoms with E-state index in [0.29, 0.717) is 10.8 Å². The van der Waals surface area contributed by atoms with Crippen LogP contribution in [0.1, 0.15) is 25.7 Å². The third kappa shape index (κ3) is 2.11. The first kappa shape index (κ1) is 13.1. The molecule has 1 aromatic carbocycles. The van der Waals surface area contributed by atoms with Gasteiger partial charge in [0.1, 0.15) is 0 Å². The maximum atomic E-state index is 12.9. The van der Waals surface area contributed by atoms with Gasteiger partial charge in [-0.1, -0.05) is 18.2 Å². The predicted molar refractivity (Wildman–Crippen MR) is 73.7 cm³/mol. The topological polar surface area (TPSA) is 43.4 Å². The maximum Gasteiger partial charge on any atom is 0.184 e. The molecule has 1 aromatic rings. The molecular weight excluding hydrogens is 260 g/mol. The maximum absolute atomic E-state index is 12.9. The second-order valence-electron chi connectivity index (χ2n) is 5.70. The van der Waals surface area contributed by atoms with Crippen LogP contribution in [0.15, 0.2) is 35.2 Å². The van der Waals surface area contributed by atoms with E-state index in [1.54, 1.807) is 31.4 Å². The lowest BCUT2D eigenvalue weighted by Crippen LogP contribution is -2.52. The molecule has 4 heteroatoms. The molecule has 3 nitrogen and oxygen atoms in total. The largest absolute Gasteiger partial charge is 0.380 e. The van der Waals surface area contributed by atoms with E-state index in [2.05, 4.69) is 0 Å². The molecule has 0 amide bonds. The SMILES string of the molecule is CO[C@@H]1C2CCC(CC2)[C@H]1S(=O)(=O)c1ccccc1. The molecule has 19 heavy (non-hydrogen) atoms. The quantitative estimate of drug-likeness (QED) is 0.855. The van der Waals surface area contributed by atoms with Gasteiger partial charge in [0.15, 0.2) is 9.84 Å². The smallest absolute Gasteiger partial charge is 0.184 e. The number of fused-ring (bicyclic) bond motifs is 3. The van der Waals surface area contributed by atoms with E-state index >= 15 is 0 Å². The first-order chi connectivity index (χ1) is 9.14. The first-order valence-electron chi connectivity index (χ1n) is 6.96. The Bertz CT molecular complexity index is 530. The Morgan fingerprint density at radius 1 is 1.00 bits per heavy atom. The predicted octanol–water partition coefficient (Wildman–Crippen LogP) is 2.66. The standard InChI is InChI=1S/C15H20O3S/c1-18-14-11-7-9-12(10-8-11)15(14)19(16,17)13-5-3-2-4-6-13/h2-6,11-12,14-15H,7-10H2,1H3/t11?,12?,14-,15-/m1/s1. The van der Waals surface area contributed by atoms with Gasteiger partial charge in [-0.3, -0.25) is 0 Å². The summed E-state index contributed by atoms with van der Waals surface area (Å²) < 4.78 is 31.3. The highest BCUT2D eigenvalue weighted by Gasteiger charge is 2.50. The molecule has 0 spiro atoms. The monoisotopic (exact) mass is 280 g/mol. The van der Waals surface area contributed by atoms with Gasteiger partial charge in [0.25, 0.3) is 0 Å². The summed E-state index contributed by atoms with van der Waals surface area (Å²) >= 11 is 0. The van der Waals surface area contributed by atoms with Crippen molar-refractivity contribution in [3.8, 4) is 0 Å². The molecule has 0 aliphatic heterocycles. The summed E-state index contributed by atoms with van der Waals surface area (Å²) in [6.45, 7) is 0. The van der Waals surface area contributed by atoms with Crippen LogP contribution in [0.5, 0.6) is 0 Å². The van der Waals surface area contributed by atoms with Gasteiger partial charge in [-0.05, 0) is 49.7 Å². The summed E-state index contributed by atoms with van der Waals surface area (Å²) in [4.78, 5) is 0.439. The molecule has 3 aliphatic carbocycles. The van der Waals surface area contributed by atoms with Gasteiger partial charge in [-0.2, -0.15) is 0 Å². The zero-order valence-corrected chi connectivity index (χ0v) is 12.0. The fourth-order valence-electron chi connectivity index (χ4n) is 3.86. The molecule has 3 fully saturated rings. The van der Waals surface area contributed by atoms with Crippen molar-refractivity contribution in [1.82, 2.24) is 0 Å². The molecule has 0 heterocycles. The Kier molecular flexibility index (Phi) is 3.39. The van der Waals surface area contributed by atoms with Gasteiger partial charge in [-0.25, -0.2) is 8.42 Å². The van der Waals surface area contributed by atoms with Gasteiger partial charge >= 0.3 is 0 Å². The molecular formula is C15H20O3S. The normalized spacial score (nSPS) is 34.4. The Morgan fingerprint density at radius 2 is 1.58 bits per heavy atom. The number of rotatable bonds is 3. The first-order valence-corrected chi connectivity index (χ1v) is 8.51. The summed E-state index contributed by atoms with van der Waals surface area (Å²) in [7, 11) is -1.63. The fraction of sp³-hybridized carbons (Fsp3) is 0.600. The van der Waals surface area contributed by atoms with Crippen LogP contribution in [0, 0.1) is 11.8 Å². The van der Waals surface area contributed by atoms with Crippen molar-refractivity contribution >= 4 is 9.84 Å². The minimum Gasteiger partial charge on any atom is -0.380 e. The Morgan fingerprint density at radius 3 is 2.16 bits per heavy atom. The van der Waals surface area contributed by atoms with Crippen LogP contribution >= 0.6 is 0 Å². The van der Waals surface area contributed by atoms with E-state index in [1.807, 2.05) is 6.07 Å². The van der Waals surface area contributed by atoms with Gasteiger partial charge < -0.3 is 4.74 Å². The highest BCUT2D eigenvalue weighted by molar-refractivity contribution is 7.92. The van der Waals surface area contributed by atoms with E-state index in [0.717, 1.165) is 25.7 Å². The third-order valence-electron chi connectivity index (χ3n) is 4.77. The zero-order valence-electron chi connectivity index (χ0n) is 11.2. The molecule has 3 saturated carbocycles. The minimum absolute atomic E-state index is 0.127. The van der Waals surface area contributed by atoms with Gasteiger partial charge in [0.05, 0.1) is 16.2 Å². The van der Waals surface area contributed by atoms with Crippen molar-refractivity contribution in [2.24, 2.45) is 11.8 Å². The van der Waals surface area contributed by atoms with Crippen LogP contribution in [-0.4, -0.2) is 26.9 Å².